The van der Waals surface area contributed by atoms with Crippen LogP contribution in [0.1, 0.15) is 41.0 Å². The van der Waals surface area contributed by atoms with E-state index in [0.717, 1.165) is 6.54 Å². The van der Waals surface area contributed by atoms with E-state index < -0.39 is 0 Å². The van der Waals surface area contributed by atoms with Crippen LogP contribution in [0.25, 0.3) is 0 Å². The van der Waals surface area contributed by atoms with Crippen molar-refractivity contribution < 1.29 is 9.53 Å². The molecule has 0 radical (unpaired) electrons. The van der Waals surface area contributed by atoms with Gasteiger partial charge in [-0.1, -0.05) is 13.8 Å². The lowest BCUT2D eigenvalue weighted by atomic mass is 9.99. The van der Waals surface area contributed by atoms with Crippen LogP contribution < -0.4 is 0 Å². The average molecular weight is 213 g/mol. The first-order valence-electron chi connectivity index (χ1n) is 5.75. The van der Waals surface area contributed by atoms with E-state index in [0.29, 0.717) is 18.9 Å². The second kappa shape index (κ2) is 4.52. The van der Waals surface area contributed by atoms with Crippen LogP contribution in [0, 0.1) is 5.92 Å². The highest BCUT2D eigenvalue weighted by Crippen LogP contribution is 2.23. The molecule has 0 saturated carbocycles. The molecule has 1 atom stereocenters. The quantitative estimate of drug-likeness (QED) is 0.702. The minimum atomic E-state index is -0.154. The van der Waals surface area contributed by atoms with Gasteiger partial charge in [0.1, 0.15) is 0 Å². The Hall–Kier alpha value is -0.570. The molecule has 0 aromatic rings. The molecule has 0 N–H and O–H groups in total. The van der Waals surface area contributed by atoms with E-state index in [1.165, 1.54) is 0 Å². The summed E-state index contributed by atoms with van der Waals surface area (Å²) in [7, 11) is 0. The maximum Gasteiger partial charge on any atom is 0.223 e. The molecule has 15 heavy (non-hydrogen) atoms. The van der Waals surface area contributed by atoms with Gasteiger partial charge >= 0.3 is 0 Å². The van der Waals surface area contributed by atoms with Crippen molar-refractivity contribution >= 4 is 5.91 Å². The zero-order valence-corrected chi connectivity index (χ0v) is 10.5. The van der Waals surface area contributed by atoms with Crippen molar-refractivity contribution in [2.45, 2.75) is 52.7 Å². The standard InChI is InChI=1S/C12H23NO2/c1-9(2)6-11(14)13-7-10(3)15-8-12(13,4)5/h9-10H,6-8H2,1-5H3/t10-/m1/s1. The van der Waals surface area contributed by atoms with Gasteiger partial charge in [-0.15, -0.1) is 0 Å². The largest absolute Gasteiger partial charge is 0.374 e. The SMILES string of the molecule is CC(C)CC(=O)N1C[C@@H](C)OCC1(C)C. The Morgan fingerprint density at radius 2 is 2.13 bits per heavy atom. The minimum absolute atomic E-state index is 0.154. The van der Waals surface area contributed by atoms with Crippen molar-refractivity contribution in [1.29, 1.82) is 0 Å². The van der Waals surface area contributed by atoms with Crippen LogP contribution in [0.2, 0.25) is 0 Å². The first-order valence-corrected chi connectivity index (χ1v) is 5.75. The smallest absolute Gasteiger partial charge is 0.223 e. The van der Waals surface area contributed by atoms with Gasteiger partial charge in [0.15, 0.2) is 0 Å². The molecule has 1 amide bonds. The van der Waals surface area contributed by atoms with E-state index in [1.54, 1.807) is 0 Å². The number of hydrogen-bond acceptors (Lipinski definition) is 2. The van der Waals surface area contributed by atoms with Crippen molar-refractivity contribution in [2.75, 3.05) is 13.2 Å². The molecule has 3 heteroatoms. The lowest BCUT2D eigenvalue weighted by Crippen LogP contribution is -2.57. The Kier molecular flexibility index (Phi) is 3.77. The van der Waals surface area contributed by atoms with Gasteiger partial charge in [-0.05, 0) is 26.7 Å². The van der Waals surface area contributed by atoms with Crippen molar-refractivity contribution in [2.24, 2.45) is 5.92 Å². The van der Waals surface area contributed by atoms with Gasteiger partial charge in [0.25, 0.3) is 0 Å². The average Bonchev–Trinajstić information content (AvgIpc) is 2.08. The number of morpholine rings is 1. The molecule has 1 rings (SSSR count). The Morgan fingerprint density at radius 1 is 1.53 bits per heavy atom. The van der Waals surface area contributed by atoms with Crippen LogP contribution in [-0.2, 0) is 9.53 Å². The Bertz CT molecular complexity index is 236. The first kappa shape index (κ1) is 12.5. The minimum Gasteiger partial charge on any atom is -0.374 e. The van der Waals surface area contributed by atoms with E-state index in [2.05, 4.69) is 27.7 Å². The molecule has 0 spiro atoms. The number of nitrogens with zero attached hydrogens (tertiary/aromatic N) is 1. The van der Waals surface area contributed by atoms with Gasteiger partial charge in [0.05, 0.1) is 18.2 Å². The van der Waals surface area contributed by atoms with Crippen molar-refractivity contribution in [3.63, 3.8) is 0 Å². The van der Waals surface area contributed by atoms with Crippen molar-refractivity contribution in [3.05, 3.63) is 0 Å². The van der Waals surface area contributed by atoms with E-state index >= 15 is 0 Å². The third-order valence-corrected chi connectivity index (χ3v) is 2.78. The zero-order valence-electron chi connectivity index (χ0n) is 10.5. The number of amides is 1. The highest BCUT2D eigenvalue weighted by molar-refractivity contribution is 5.77. The first-order chi connectivity index (χ1) is 6.83. The molecule has 1 saturated heterocycles. The van der Waals surface area contributed by atoms with Gasteiger partial charge < -0.3 is 9.64 Å². The molecule has 88 valence electrons. The van der Waals surface area contributed by atoms with Crippen LogP contribution in [0.15, 0.2) is 0 Å². The van der Waals surface area contributed by atoms with E-state index in [1.807, 2.05) is 11.8 Å². The van der Waals surface area contributed by atoms with Crippen LogP contribution in [-0.4, -0.2) is 35.6 Å². The maximum absolute atomic E-state index is 12.0. The van der Waals surface area contributed by atoms with Crippen LogP contribution >= 0.6 is 0 Å². The predicted molar refractivity (Wildman–Crippen MR) is 60.7 cm³/mol. The summed E-state index contributed by atoms with van der Waals surface area (Å²) in [4.78, 5) is 14.0. The number of hydrogen-bond donors (Lipinski definition) is 0. The monoisotopic (exact) mass is 213 g/mol. The van der Waals surface area contributed by atoms with Crippen molar-refractivity contribution in [1.82, 2.24) is 4.90 Å². The zero-order chi connectivity index (χ0) is 11.6. The summed E-state index contributed by atoms with van der Waals surface area (Å²) in [6.45, 7) is 11.7. The fourth-order valence-corrected chi connectivity index (χ4v) is 1.88. The van der Waals surface area contributed by atoms with Gasteiger partial charge in [-0.25, -0.2) is 0 Å². The summed E-state index contributed by atoms with van der Waals surface area (Å²) in [5.41, 5.74) is -0.154. The summed E-state index contributed by atoms with van der Waals surface area (Å²) >= 11 is 0. The second-order valence-corrected chi connectivity index (χ2v) is 5.54. The van der Waals surface area contributed by atoms with Crippen LogP contribution in [0.4, 0.5) is 0 Å². The summed E-state index contributed by atoms with van der Waals surface area (Å²) in [6, 6.07) is 0. The molecular formula is C12H23NO2. The fraction of sp³-hybridized carbons (Fsp3) is 0.917. The predicted octanol–water partition coefficient (Wildman–Crippen LogP) is 2.06. The fourth-order valence-electron chi connectivity index (χ4n) is 1.88. The van der Waals surface area contributed by atoms with E-state index in [4.69, 9.17) is 4.74 Å². The Balaban J connectivity index is 2.67. The summed E-state index contributed by atoms with van der Waals surface area (Å²) in [5, 5.41) is 0. The Labute approximate surface area is 92.8 Å². The summed E-state index contributed by atoms with van der Waals surface area (Å²) in [6.07, 6.45) is 0.796. The van der Waals surface area contributed by atoms with Crippen LogP contribution in [0.5, 0.6) is 0 Å². The Morgan fingerprint density at radius 3 is 2.67 bits per heavy atom. The molecule has 0 aliphatic carbocycles. The summed E-state index contributed by atoms with van der Waals surface area (Å²) in [5.74, 6) is 0.677. The summed E-state index contributed by atoms with van der Waals surface area (Å²) < 4.78 is 5.58. The highest BCUT2D eigenvalue weighted by Gasteiger charge is 2.36. The molecule has 0 bridgehead atoms. The molecule has 1 fully saturated rings. The van der Waals surface area contributed by atoms with Gasteiger partial charge in [0, 0.05) is 13.0 Å². The highest BCUT2D eigenvalue weighted by atomic mass is 16.5. The molecule has 1 heterocycles. The number of rotatable bonds is 2. The lowest BCUT2D eigenvalue weighted by molar-refractivity contribution is -0.153. The molecule has 0 aromatic heterocycles. The molecule has 0 unspecified atom stereocenters. The van der Waals surface area contributed by atoms with Crippen molar-refractivity contribution in [3.8, 4) is 0 Å². The van der Waals surface area contributed by atoms with Gasteiger partial charge in [-0.3, -0.25) is 4.79 Å². The number of carbonyl (C=O) groups is 1. The number of carbonyl (C=O) groups excluding carboxylic acids is 1. The molecule has 1 aliphatic heterocycles. The maximum atomic E-state index is 12.0. The van der Waals surface area contributed by atoms with Gasteiger partial charge in [0.2, 0.25) is 5.91 Å². The third kappa shape index (κ3) is 3.20. The molecule has 3 nitrogen and oxygen atoms in total. The third-order valence-electron chi connectivity index (χ3n) is 2.78. The number of ether oxygens (including phenoxy) is 1. The molecule has 1 aliphatic rings. The normalized spacial score (nSPS) is 25.7. The molecule has 0 aromatic carbocycles. The lowest BCUT2D eigenvalue weighted by Gasteiger charge is -2.45. The molecular weight excluding hydrogens is 190 g/mol. The second-order valence-electron chi connectivity index (χ2n) is 5.54. The van der Waals surface area contributed by atoms with Crippen LogP contribution in [0.3, 0.4) is 0 Å². The topological polar surface area (TPSA) is 29.5 Å². The van der Waals surface area contributed by atoms with E-state index in [-0.39, 0.29) is 17.6 Å². The van der Waals surface area contributed by atoms with Gasteiger partial charge in [-0.2, -0.15) is 0 Å². The van der Waals surface area contributed by atoms with E-state index in [9.17, 15) is 4.79 Å².